The van der Waals surface area contributed by atoms with Crippen LogP contribution in [0.15, 0.2) is 23.6 Å². The highest BCUT2D eigenvalue weighted by Crippen LogP contribution is 2.20. The number of nitrogens with zero attached hydrogens (tertiary/aromatic N) is 5. The van der Waals surface area contributed by atoms with Crippen LogP contribution in [-0.2, 0) is 47.5 Å². The number of amides is 2. The summed E-state index contributed by atoms with van der Waals surface area (Å²) in [5, 5.41) is 6.05. The number of hydrogen-bond acceptors (Lipinski definition) is 14. The molecule has 2 rings (SSSR count). The molecule has 18 heteroatoms. The van der Waals surface area contributed by atoms with Crippen LogP contribution in [-0.4, -0.2) is 159 Å². The minimum atomic E-state index is -0.856. The predicted octanol–water partition coefficient (Wildman–Crippen LogP) is 1.17. The molecule has 0 aromatic carbocycles. The predicted molar refractivity (Wildman–Crippen MR) is 173 cm³/mol. The zero-order chi connectivity index (χ0) is 35.4. The van der Waals surface area contributed by atoms with Crippen LogP contribution in [0, 0.1) is 0 Å². The SMILES string of the molecule is COC(=O)[C@@H]1CCCN1C(=O)[C@@H](C)NC(=O)c1ccncc1OCCOCCOCCOCCOCCOCCOCCOCCN=[N+]=[N-]. The van der Waals surface area contributed by atoms with Gasteiger partial charge in [0, 0.05) is 24.2 Å². The second-order valence-electron chi connectivity index (χ2n) is 10.4. The molecule has 276 valence electrons. The van der Waals surface area contributed by atoms with Crippen molar-refractivity contribution in [2.24, 2.45) is 5.11 Å². The maximum absolute atomic E-state index is 12.9. The molecule has 49 heavy (non-hydrogen) atoms. The highest BCUT2D eigenvalue weighted by atomic mass is 16.6. The number of pyridine rings is 1. The van der Waals surface area contributed by atoms with Gasteiger partial charge in [-0.2, -0.15) is 0 Å². The molecule has 0 aliphatic carbocycles. The van der Waals surface area contributed by atoms with Crippen LogP contribution in [0.25, 0.3) is 10.4 Å². The van der Waals surface area contributed by atoms with Crippen LogP contribution < -0.4 is 10.1 Å². The summed E-state index contributed by atoms with van der Waals surface area (Å²) >= 11 is 0. The first-order valence-electron chi connectivity index (χ1n) is 16.3. The van der Waals surface area contributed by atoms with Crippen molar-refractivity contribution in [1.29, 1.82) is 0 Å². The Kier molecular flexibility index (Phi) is 23.1. The molecule has 0 radical (unpaired) electrons. The average Bonchev–Trinajstić information content (AvgIpc) is 3.61. The summed E-state index contributed by atoms with van der Waals surface area (Å²) in [5.74, 6) is -1.06. The van der Waals surface area contributed by atoms with Crippen LogP contribution >= 0.6 is 0 Å². The van der Waals surface area contributed by atoms with Gasteiger partial charge in [-0.25, -0.2) is 4.79 Å². The summed E-state index contributed by atoms with van der Waals surface area (Å²) in [6.45, 7) is 8.31. The molecule has 1 aliphatic rings. The van der Waals surface area contributed by atoms with Crippen molar-refractivity contribution in [3.05, 3.63) is 34.5 Å². The Morgan fingerprint density at radius 3 is 1.90 bits per heavy atom. The van der Waals surface area contributed by atoms with Gasteiger partial charge in [-0.15, -0.1) is 0 Å². The molecule has 0 saturated carbocycles. The van der Waals surface area contributed by atoms with Gasteiger partial charge in [-0.3, -0.25) is 14.6 Å². The normalized spacial score (nSPS) is 14.7. The number of carbonyl (C=O) groups excluding carboxylic acids is 3. The first-order chi connectivity index (χ1) is 24.0. The number of carbonyl (C=O) groups is 3. The monoisotopic (exact) mass is 698 g/mol. The number of azide groups is 1. The largest absolute Gasteiger partial charge is 0.489 e. The zero-order valence-electron chi connectivity index (χ0n) is 28.5. The quantitative estimate of drug-likeness (QED) is 0.0410. The smallest absolute Gasteiger partial charge is 0.328 e. The summed E-state index contributed by atoms with van der Waals surface area (Å²) in [6.07, 6.45) is 4.10. The van der Waals surface area contributed by atoms with E-state index in [1.165, 1.54) is 30.5 Å². The van der Waals surface area contributed by atoms with E-state index in [9.17, 15) is 14.4 Å². The Labute approximate surface area is 286 Å². The van der Waals surface area contributed by atoms with E-state index in [2.05, 4.69) is 20.3 Å². The standard InChI is InChI=1S/C31H50N6O12/c1-25(30(39)37-8-3-4-27(37)31(40)41-2)35-29(38)26-5-6-33-24-28(26)49-23-22-48-21-20-47-19-18-46-17-16-45-15-14-44-13-12-43-11-10-42-9-7-34-36-32/h5-6,24-25,27H,3-4,7-23H2,1-2H3,(H,35,38)/t25-,27+/m1/s1. The van der Waals surface area contributed by atoms with Crippen LogP contribution in [0.3, 0.4) is 0 Å². The Hall–Kier alpha value is -3.61. The van der Waals surface area contributed by atoms with Crippen molar-refractivity contribution in [2.45, 2.75) is 31.8 Å². The Balaban J connectivity index is 1.42. The first kappa shape index (κ1) is 41.6. The molecule has 18 nitrogen and oxygen atoms in total. The molecule has 1 aromatic heterocycles. The lowest BCUT2D eigenvalue weighted by Gasteiger charge is -2.26. The number of rotatable bonds is 29. The van der Waals surface area contributed by atoms with Gasteiger partial charge in [0.2, 0.25) is 5.91 Å². The summed E-state index contributed by atoms with van der Waals surface area (Å²) in [6, 6.07) is 0.00828. The maximum atomic E-state index is 12.9. The molecule has 1 saturated heterocycles. The van der Waals surface area contributed by atoms with E-state index in [0.29, 0.717) is 112 Å². The van der Waals surface area contributed by atoms with E-state index in [1.54, 1.807) is 6.92 Å². The number of methoxy groups -OCH3 is 1. The Bertz CT molecular complexity index is 1130. The third-order valence-corrected chi connectivity index (χ3v) is 6.87. The van der Waals surface area contributed by atoms with Crippen molar-refractivity contribution < 1.29 is 57.0 Å². The van der Waals surface area contributed by atoms with Crippen LogP contribution in [0.4, 0.5) is 0 Å². The van der Waals surface area contributed by atoms with E-state index in [0.717, 1.165) is 0 Å². The van der Waals surface area contributed by atoms with Crippen molar-refractivity contribution in [1.82, 2.24) is 15.2 Å². The third kappa shape index (κ3) is 18.1. The topological polar surface area (TPSA) is 211 Å². The average molecular weight is 699 g/mol. The number of ether oxygens (including phenoxy) is 9. The number of aromatic nitrogens is 1. The van der Waals surface area contributed by atoms with Gasteiger partial charge < -0.3 is 52.8 Å². The minimum absolute atomic E-state index is 0.175. The second-order valence-corrected chi connectivity index (χ2v) is 10.4. The minimum Gasteiger partial charge on any atom is -0.489 e. The molecule has 1 fully saturated rings. The number of esters is 1. The summed E-state index contributed by atoms with van der Waals surface area (Å²) in [4.78, 5) is 46.0. The van der Waals surface area contributed by atoms with Gasteiger partial charge >= 0.3 is 5.97 Å². The lowest BCUT2D eigenvalue weighted by atomic mass is 10.2. The molecule has 0 bridgehead atoms. The molecule has 2 heterocycles. The summed E-state index contributed by atoms with van der Waals surface area (Å²) in [7, 11) is 1.29. The fourth-order valence-corrected chi connectivity index (χ4v) is 4.46. The third-order valence-electron chi connectivity index (χ3n) is 6.87. The van der Waals surface area contributed by atoms with E-state index >= 15 is 0 Å². The van der Waals surface area contributed by atoms with Crippen molar-refractivity contribution >= 4 is 17.8 Å². The molecule has 0 unspecified atom stereocenters. The second kappa shape index (κ2) is 27.2. The molecule has 2 amide bonds. The van der Waals surface area contributed by atoms with E-state index in [-0.39, 0.29) is 30.4 Å². The van der Waals surface area contributed by atoms with Crippen molar-refractivity contribution in [3.8, 4) is 5.75 Å². The lowest BCUT2D eigenvalue weighted by molar-refractivity contribution is -0.151. The van der Waals surface area contributed by atoms with Gasteiger partial charge in [0.1, 0.15) is 24.4 Å². The Morgan fingerprint density at radius 2 is 1.39 bits per heavy atom. The molecule has 1 aliphatic heterocycles. The molecule has 2 atom stereocenters. The van der Waals surface area contributed by atoms with Gasteiger partial charge in [0.05, 0.1) is 111 Å². The zero-order valence-corrected chi connectivity index (χ0v) is 28.5. The maximum Gasteiger partial charge on any atom is 0.328 e. The molecule has 1 aromatic rings. The van der Waals surface area contributed by atoms with Gasteiger partial charge in [0.15, 0.2) is 0 Å². The lowest BCUT2D eigenvalue weighted by Crippen LogP contribution is -2.50. The van der Waals surface area contributed by atoms with Crippen molar-refractivity contribution in [3.63, 3.8) is 0 Å². The van der Waals surface area contributed by atoms with E-state index in [4.69, 9.17) is 48.2 Å². The first-order valence-corrected chi connectivity index (χ1v) is 16.3. The van der Waals surface area contributed by atoms with E-state index in [1.807, 2.05) is 0 Å². The summed E-state index contributed by atoms with van der Waals surface area (Å²) < 4.78 is 48.4. The van der Waals surface area contributed by atoms with Crippen molar-refractivity contribution in [2.75, 3.05) is 119 Å². The van der Waals surface area contributed by atoms with Crippen LogP contribution in [0.2, 0.25) is 0 Å². The van der Waals surface area contributed by atoms with Crippen LogP contribution in [0.5, 0.6) is 5.75 Å². The van der Waals surface area contributed by atoms with Gasteiger partial charge in [0.25, 0.3) is 5.91 Å². The number of nitrogens with one attached hydrogen (secondary N) is 1. The number of hydrogen-bond donors (Lipinski definition) is 1. The molecular formula is C31H50N6O12. The summed E-state index contributed by atoms with van der Waals surface area (Å²) in [5.41, 5.74) is 8.37. The van der Waals surface area contributed by atoms with Gasteiger partial charge in [-0.05, 0) is 31.4 Å². The Morgan fingerprint density at radius 1 is 0.878 bits per heavy atom. The molecule has 0 spiro atoms. The fraction of sp³-hybridized carbons (Fsp3) is 0.742. The number of likely N-dealkylation sites (tertiary alicyclic amines) is 1. The van der Waals surface area contributed by atoms with Gasteiger partial charge in [-0.1, -0.05) is 5.11 Å². The highest BCUT2D eigenvalue weighted by molar-refractivity contribution is 5.99. The molecular weight excluding hydrogens is 648 g/mol. The van der Waals surface area contributed by atoms with E-state index < -0.39 is 24.0 Å². The highest BCUT2D eigenvalue weighted by Gasteiger charge is 2.37. The fourth-order valence-electron chi connectivity index (χ4n) is 4.46. The molecule has 1 N–H and O–H groups in total. The van der Waals surface area contributed by atoms with Crippen LogP contribution in [0.1, 0.15) is 30.1 Å².